The molecule has 1 aromatic carbocycles. The van der Waals surface area contributed by atoms with E-state index in [0.717, 1.165) is 23.9 Å². The number of amides is 1. The van der Waals surface area contributed by atoms with Crippen LogP contribution < -0.4 is 5.32 Å². The zero-order valence-electron chi connectivity index (χ0n) is 14.6. The van der Waals surface area contributed by atoms with E-state index in [9.17, 15) is 4.79 Å². The van der Waals surface area contributed by atoms with E-state index in [0.29, 0.717) is 5.69 Å². The monoisotopic (exact) mass is 328 g/mol. The SMILES string of the molecule is Cn1nc(C(=O)NCCCCCN2CCCCC2)c2ccccc21. The summed E-state index contributed by atoms with van der Waals surface area (Å²) in [6, 6.07) is 7.85. The van der Waals surface area contributed by atoms with Crippen LogP contribution in [0.4, 0.5) is 0 Å². The molecule has 3 rings (SSSR count). The van der Waals surface area contributed by atoms with Crippen LogP contribution >= 0.6 is 0 Å². The Kier molecular flexibility index (Phi) is 5.86. The van der Waals surface area contributed by atoms with Crippen LogP contribution in [0.5, 0.6) is 0 Å². The minimum Gasteiger partial charge on any atom is -0.351 e. The molecule has 1 amide bonds. The van der Waals surface area contributed by atoms with Gasteiger partial charge in [-0.3, -0.25) is 9.48 Å². The molecule has 0 saturated carbocycles. The number of likely N-dealkylation sites (tertiary alicyclic amines) is 1. The minimum absolute atomic E-state index is 0.0668. The molecular weight excluding hydrogens is 300 g/mol. The molecule has 2 aromatic rings. The molecule has 0 aliphatic carbocycles. The maximum absolute atomic E-state index is 12.4. The fraction of sp³-hybridized carbons (Fsp3) is 0.579. The maximum atomic E-state index is 12.4. The molecule has 5 heteroatoms. The van der Waals surface area contributed by atoms with Crippen molar-refractivity contribution in [1.29, 1.82) is 0 Å². The first-order valence-corrected chi connectivity index (χ1v) is 9.18. The standard InChI is InChI=1S/C19H28N4O/c1-22-17-11-5-4-10-16(17)18(21-22)19(24)20-12-6-2-7-13-23-14-8-3-9-15-23/h4-5,10-11H,2-3,6-9,12-15H2,1H3,(H,20,24). The molecule has 0 atom stereocenters. The summed E-state index contributed by atoms with van der Waals surface area (Å²) in [6.07, 6.45) is 7.53. The Morgan fingerprint density at radius 2 is 1.92 bits per heavy atom. The molecule has 1 N–H and O–H groups in total. The molecule has 0 unspecified atom stereocenters. The average molecular weight is 328 g/mol. The molecule has 1 aliphatic rings. The third-order valence-electron chi connectivity index (χ3n) is 4.86. The molecule has 1 saturated heterocycles. The van der Waals surface area contributed by atoms with Crippen molar-refractivity contribution in [3.8, 4) is 0 Å². The zero-order valence-corrected chi connectivity index (χ0v) is 14.6. The van der Waals surface area contributed by atoms with Gasteiger partial charge in [-0.2, -0.15) is 5.10 Å². The number of carbonyl (C=O) groups is 1. The summed E-state index contributed by atoms with van der Waals surface area (Å²) in [7, 11) is 1.87. The lowest BCUT2D eigenvalue weighted by atomic mass is 10.1. The van der Waals surface area contributed by atoms with E-state index in [4.69, 9.17) is 0 Å². The minimum atomic E-state index is -0.0668. The van der Waals surface area contributed by atoms with Gasteiger partial charge < -0.3 is 10.2 Å². The van der Waals surface area contributed by atoms with Crippen molar-refractivity contribution in [3.05, 3.63) is 30.0 Å². The van der Waals surface area contributed by atoms with Crippen molar-refractivity contribution in [2.24, 2.45) is 7.05 Å². The highest BCUT2D eigenvalue weighted by Gasteiger charge is 2.15. The van der Waals surface area contributed by atoms with Gasteiger partial charge >= 0.3 is 0 Å². The lowest BCUT2D eigenvalue weighted by Gasteiger charge is -2.26. The smallest absolute Gasteiger partial charge is 0.272 e. The quantitative estimate of drug-likeness (QED) is 0.795. The van der Waals surface area contributed by atoms with Gasteiger partial charge in [0.25, 0.3) is 5.91 Å². The summed E-state index contributed by atoms with van der Waals surface area (Å²) in [5, 5.41) is 8.30. The average Bonchev–Trinajstić information content (AvgIpc) is 2.96. The van der Waals surface area contributed by atoms with Gasteiger partial charge in [-0.1, -0.05) is 31.0 Å². The molecule has 0 radical (unpaired) electrons. The van der Waals surface area contributed by atoms with Gasteiger partial charge in [0.1, 0.15) is 0 Å². The van der Waals surface area contributed by atoms with Crippen LogP contribution in [-0.4, -0.2) is 46.8 Å². The van der Waals surface area contributed by atoms with E-state index in [1.165, 1.54) is 51.7 Å². The lowest BCUT2D eigenvalue weighted by molar-refractivity contribution is 0.0948. The number of fused-ring (bicyclic) bond motifs is 1. The molecule has 5 nitrogen and oxygen atoms in total. The van der Waals surface area contributed by atoms with Crippen molar-refractivity contribution in [3.63, 3.8) is 0 Å². The number of piperidine rings is 1. The Morgan fingerprint density at radius 1 is 1.12 bits per heavy atom. The molecule has 1 fully saturated rings. The third-order valence-corrected chi connectivity index (χ3v) is 4.86. The predicted molar refractivity (Wildman–Crippen MR) is 97.2 cm³/mol. The zero-order chi connectivity index (χ0) is 16.8. The molecule has 1 aromatic heterocycles. The molecule has 0 bridgehead atoms. The Balaban J connectivity index is 1.39. The van der Waals surface area contributed by atoms with Gasteiger partial charge in [-0.25, -0.2) is 0 Å². The first kappa shape index (κ1) is 17.0. The van der Waals surface area contributed by atoms with Crippen LogP contribution in [0.3, 0.4) is 0 Å². The number of rotatable bonds is 7. The van der Waals surface area contributed by atoms with E-state index >= 15 is 0 Å². The number of nitrogens with zero attached hydrogens (tertiary/aromatic N) is 3. The van der Waals surface area contributed by atoms with Crippen molar-refractivity contribution in [1.82, 2.24) is 20.0 Å². The van der Waals surface area contributed by atoms with E-state index in [1.54, 1.807) is 4.68 Å². The van der Waals surface area contributed by atoms with Gasteiger partial charge in [-0.15, -0.1) is 0 Å². The van der Waals surface area contributed by atoms with Gasteiger partial charge in [0.2, 0.25) is 0 Å². The highest BCUT2D eigenvalue weighted by Crippen LogP contribution is 2.17. The van der Waals surface area contributed by atoms with Crippen LogP contribution in [0.25, 0.3) is 10.9 Å². The Morgan fingerprint density at radius 3 is 2.75 bits per heavy atom. The lowest BCUT2D eigenvalue weighted by Crippen LogP contribution is -2.30. The molecule has 130 valence electrons. The highest BCUT2D eigenvalue weighted by atomic mass is 16.1. The van der Waals surface area contributed by atoms with Crippen LogP contribution in [0.1, 0.15) is 49.0 Å². The number of nitrogens with one attached hydrogen (secondary N) is 1. The van der Waals surface area contributed by atoms with Crippen LogP contribution in [0, 0.1) is 0 Å². The second kappa shape index (κ2) is 8.29. The Hall–Kier alpha value is -1.88. The number of aryl methyl sites for hydroxylation is 1. The van der Waals surface area contributed by atoms with Gasteiger partial charge in [0.05, 0.1) is 5.52 Å². The molecule has 0 spiro atoms. The first-order chi connectivity index (χ1) is 11.8. The van der Waals surface area contributed by atoms with Crippen molar-refractivity contribution >= 4 is 16.8 Å². The number of unbranched alkanes of at least 4 members (excludes halogenated alkanes) is 2. The number of aromatic nitrogens is 2. The Bertz CT molecular complexity index is 673. The molecule has 24 heavy (non-hydrogen) atoms. The van der Waals surface area contributed by atoms with E-state index in [2.05, 4.69) is 15.3 Å². The summed E-state index contributed by atoms with van der Waals surface area (Å²) in [4.78, 5) is 14.9. The van der Waals surface area contributed by atoms with E-state index in [1.807, 2.05) is 31.3 Å². The van der Waals surface area contributed by atoms with Crippen molar-refractivity contribution in [2.75, 3.05) is 26.2 Å². The molecular formula is C19H28N4O. The number of hydrogen-bond donors (Lipinski definition) is 1. The summed E-state index contributed by atoms with van der Waals surface area (Å²) < 4.78 is 1.77. The molecule has 2 heterocycles. The van der Waals surface area contributed by atoms with Gasteiger partial charge in [0, 0.05) is 19.0 Å². The fourth-order valence-electron chi connectivity index (χ4n) is 3.49. The van der Waals surface area contributed by atoms with Crippen LogP contribution in [0.2, 0.25) is 0 Å². The number of benzene rings is 1. The first-order valence-electron chi connectivity index (χ1n) is 9.18. The normalized spacial score (nSPS) is 15.7. The number of hydrogen-bond acceptors (Lipinski definition) is 3. The highest BCUT2D eigenvalue weighted by molar-refractivity contribution is 6.04. The summed E-state index contributed by atoms with van der Waals surface area (Å²) in [5.74, 6) is -0.0668. The topological polar surface area (TPSA) is 50.2 Å². The van der Waals surface area contributed by atoms with Crippen LogP contribution in [0.15, 0.2) is 24.3 Å². The number of para-hydroxylation sites is 1. The number of carbonyl (C=O) groups excluding carboxylic acids is 1. The van der Waals surface area contributed by atoms with E-state index < -0.39 is 0 Å². The second-order valence-corrected chi connectivity index (χ2v) is 6.71. The maximum Gasteiger partial charge on any atom is 0.272 e. The van der Waals surface area contributed by atoms with Crippen molar-refractivity contribution < 1.29 is 4.79 Å². The Labute approximate surface area is 144 Å². The fourth-order valence-corrected chi connectivity index (χ4v) is 3.49. The van der Waals surface area contributed by atoms with E-state index in [-0.39, 0.29) is 5.91 Å². The second-order valence-electron chi connectivity index (χ2n) is 6.71. The third kappa shape index (κ3) is 4.15. The van der Waals surface area contributed by atoms with Gasteiger partial charge in [-0.05, 0) is 51.4 Å². The predicted octanol–water partition coefficient (Wildman–Crippen LogP) is 2.96. The largest absolute Gasteiger partial charge is 0.351 e. The summed E-state index contributed by atoms with van der Waals surface area (Å²) in [5.41, 5.74) is 1.52. The summed E-state index contributed by atoms with van der Waals surface area (Å²) >= 11 is 0. The van der Waals surface area contributed by atoms with Gasteiger partial charge in [0.15, 0.2) is 5.69 Å². The molecule has 1 aliphatic heterocycles. The summed E-state index contributed by atoms with van der Waals surface area (Å²) in [6.45, 7) is 4.47. The van der Waals surface area contributed by atoms with Crippen LogP contribution in [-0.2, 0) is 7.05 Å². The van der Waals surface area contributed by atoms with Crippen molar-refractivity contribution in [2.45, 2.75) is 38.5 Å².